The highest BCUT2D eigenvalue weighted by atomic mass is 32.2. The van der Waals surface area contributed by atoms with Crippen molar-refractivity contribution in [1.29, 1.82) is 5.26 Å². The Morgan fingerprint density at radius 2 is 1.89 bits per heavy atom. The number of carbonyl (C=O) groups excluding carboxylic acids is 1. The molecule has 1 heterocycles. The molecule has 2 aromatic carbocycles. The third-order valence-electron chi connectivity index (χ3n) is 4.35. The quantitative estimate of drug-likeness (QED) is 0.566. The number of hydrogen-bond acceptors (Lipinski definition) is 6. The van der Waals surface area contributed by atoms with Crippen molar-refractivity contribution in [3.05, 3.63) is 76.3 Å². The van der Waals surface area contributed by atoms with E-state index in [0.29, 0.717) is 11.3 Å². The highest BCUT2D eigenvalue weighted by molar-refractivity contribution is 7.97. The molecular formula is C21H20N4OS2. The van der Waals surface area contributed by atoms with Crippen LogP contribution in [0.3, 0.4) is 0 Å². The summed E-state index contributed by atoms with van der Waals surface area (Å²) in [5.74, 6) is -0.195. The number of aromatic nitrogens is 1. The Morgan fingerprint density at radius 3 is 2.50 bits per heavy atom. The molecule has 1 amide bonds. The van der Waals surface area contributed by atoms with Crippen molar-refractivity contribution in [2.45, 2.75) is 19.9 Å². The monoisotopic (exact) mass is 408 g/mol. The predicted octanol–water partition coefficient (Wildman–Crippen LogP) is 5.23. The van der Waals surface area contributed by atoms with Gasteiger partial charge in [0.25, 0.3) is 5.91 Å². The minimum Gasteiger partial charge on any atom is -0.311 e. The summed E-state index contributed by atoms with van der Waals surface area (Å²) in [6, 6.07) is 19.7. The molecule has 1 unspecified atom stereocenters. The average molecular weight is 409 g/mol. The zero-order chi connectivity index (χ0) is 20.1. The molecule has 3 aromatic rings. The van der Waals surface area contributed by atoms with E-state index in [1.54, 1.807) is 18.4 Å². The summed E-state index contributed by atoms with van der Waals surface area (Å²) in [5.41, 5.74) is 3.09. The third-order valence-corrected chi connectivity index (χ3v) is 5.70. The van der Waals surface area contributed by atoms with Crippen LogP contribution in [0.15, 0.2) is 54.6 Å². The Balaban J connectivity index is 2.07. The largest absolute Gasteiger partial charge is 0.311 e. The number of amides is 1. The topological polar surface area (TPSA) is 69.0 Å². The average Bonchev–Trinajstić information content (AvgIpc) is 3.10. The molecule has 0 aliphatic heterocycles. The molecule has 0 fully saturated rings. The second kappa shape index (κ2) is 8.91. The minimum atomic E-state index is -0.195. The number of aryl methyl sites for hydroxylation is 1. The van der Waals surface area contributed by atoms with Gasteiger partial charge >= 0.3 is 0 Å². The number of thiazole rings is 1. The van der Waals surface area contributed by atoms with Gasteiger partial charge in [-0.05, 0) is 43.7 Å². The molecule has 0 aliphatic rings. The van der Waals surface area contributed by atoms with Crippen LogP contribution in [0.5, 0.6) is 0 Å². The lowest BCUT2D eigenvalue weighted by Crippen LogP contribution is -2.22. The molecule has 1 aromatic heterocycles. The molecule has 0 radical (unpaired) electrons. The van der Waals surface area contributed by atoms with Gasteiger partial charge < -0.3 is 4.90 Å². The maximum absolute atomic E-state index is 12.3. The van der Waals surface area contributed by atoms with E-state index in [1.807, 2.05) is 37.3 Å². The second-order valence-electron chi connectivity index (χ2n) is 6.15. The van der Waals surface area contributed by atoms with Crippen LogP contribution in [0.1, 0.15) is 39.5 Å². The van der Waals surface area contributed by atoms with Gasteiger partial charge in [-0.15, -0.1) is 11.3 Å². The van der Waals surface area contributed by atoms with Gasteiger partial charge in [0.15, 0.2) is 5.13 Å². The van der Waals surface area contributed by atoms with Crippen LogP contribution in [0.4, 0.5) is 10.8 Å². The molecule has 0 aliphatic carbocycles. The Morgan fingerprint density at radius 1 is 1.21 bits per heavy atom. The van der Waals surface area contributed by atoms with Crippen molar-refractivity contribution in [1.82, 2.24) is 9.71 Å². The van der Waals surface area contributed by atoms with Crippen LogP contribution in [-0.2, 0) is 0 Å². The molecule has 142 valence electrons. The summed E-state index contributed by atoms with van der Waals surface area (Å²) in [7, 11) is 0. The number of carbonyl (C=O) groups is 1. The predicted molar refractivity (Wildman–Crippen MR) is 116 cm³/mol. The Bertz CT molecular complexity index is 993. The van der Waals surface area contributed by atoms with E-state index in [9.17, 15) is 4.79 Å². The first kappa shape index (κ1) is 19.9. The molecule has 5 nitrogen and oxygen atoms in total. The number of nitrogens with zero attached hydrogens (tertiary/aromatic N) is 3. The molecular weight excluding hydrogens is 388 g/mol. The molecule has 3 rings (SSSR count). The number of nitriles is 1. The van der Waals surface area contributed by atoms with Gasteiger partial charge in [0.1, 0.15) is 5.69 Å². The van der Waals surface area contributed by atoms with Gasteiger partial charge in [0.05, 0.1) is 17.7 Å². The smallest absolute Gasteiger partial charge is 0.280 e. The van der Waals surface area contributed by atoms with Gasteiger partial charge in [-0.25, -0.2) is 4.98 Å². The highest BCUT2D eigenvalue weighted by Crippen LogP contribution is 2.38. The summed E-state index contributed by atoms with van der Waals surface area (Å²) in [6.07, 6.45) is 1.81. The maximum Gasteiger partial charge on any atom is 0.280 e. The summed E-state index contributed by atoms with van der Waals surface area (Å²) < 4.78 is 2.74. The summed E-state index contributed by atoms with van der Waals surface area (Å²) in [5, 5.41) is 9.84. The van der Waals surface area contributed by atoms with E-state index >= 15 is 0 Å². The van der Waals surface area contributed by atoms with Crippen molar-refractivity contribution in [3.63, 3.8) is 0 Å². The molecule has 0 saturated heterocycles. The second-order valence-corrected chi connectivity index (χ2v) is 7.95. The zero-order valence-corrected chi connectivity index (χ0v) is 17.5. The van der Waals surface area contributed by atoms with Crippen molar-refractivity contribution in [2.75, 3.05) is 11.2 Å². The first-order valence-corrected chi connectivity index (χ1v) is 10.7. The zero-order valence-electron chi connectivity index (χ0n) is 15.8. The first-order valence-electron chi connectivity index (χ1n) is 8.70. The van der Waals surface area contributed by atoms with Crippen molar-refractivity contribution in [2.24, 2.45) is 0 Å². The van der Waals surface area contributed by atoms with E-state index in [2.05, 4.69) is 39.7 Å². The highest BCUT2D eigenvalue weighted by Gasteiger charge is 2.24. The fraction of sp³-hybridized carbons (Fsp3) is 0.190. The van der Waals surface area contributed by atoms with Gasteiger partial charge in [-0.1, -0.05) is 42.3 Å². The van der Waals surface area contributed by atoms with Crippen molar-refractivity contribution >= 4 is 40.0 Å². The Hall–Kier alpha value is -2.82. The van der Waals surface area contributed by atoms with E-state index in [1.165, 1.54) is 23.3 Å². The summed E-state index contributed by atoms with van der Waals surface area (Å²) >= 11 is 2.74. The first-order chi connectivity index (χ1) is 13.5. The van der Waals surface area contributed by atoms with Crippen LogP contribution in [0.25, 0.3) is 0 Å². The Kier molecular flexibility index (Phi) is 6.34. The van der Waals surface area contributed by atoms with Crippen LogP contribution in [0.2, 0.25) is 0 Å². The summed E-state index contributed by atoms with van der Waals surface area (Å²) in [6.45, 7) is 4.01. The molecule has 28 heavy (non-hydrogen) atoms. The number of rotatable bonds is 6. The van der Waals surface area contributed by atoms with Crippen molar-refractivity contribution < 1.29 is 4.79 Å². The number of anilines is 2. The van der Waals surface area contributed by atoms with Crippen LogP contribution < -0.4 is 9.62 Å². The van der Waals surface area contributed by atoms with E-state index < -0.39 is 0 Å². The molecule has 0 spiro atoms. The maximum atomic E-state index is 12.3. The SMILES string of the molecule is CSNC(=O)c1nc(N(c2ccc(C#N)cc2)C(C)c2ccccc2)sc1C. The van der Waals surface area contributed by atoms with Crippen LogP contribution in [-0.4, -0.2) is 17.1 Å². The molecule has 0 saturated carbocycles. The van der Waals surface area contributed by atoms with E-state index in [-0.39, 0.29) is 11.9 Å². The lowest BCUT2D eigenvalue weighted by Gasteiger charge is -2.29. The Labute approximate surface area is 173 Å². The normalized spacial score (nSPS) is 11.5. The van der Waals surface area contributed by atoms with Crippen LogP contribution in [0, 0.1) is 18.3 Å². The van der Waals surface area contributed by atoms with E-state index in [0.717, 1.165) is 21.3 Å². The van der Waals surface area contributed by atoms with Gasteiger partial charge in [0.2, 0.25) is 0 Å². The van der Waals surface area contributed by atoms with Crippen LogP contribution >= 0.6 is 23.3 Å². The number of hydrogen-bond donors (Lipinski definition) is 1. The molecule has 1 atom stereocenters. The van der Waals surface area contributed by atoms with E-state index in [4.69, 9.17) is 5.26 Å². The minimum absolute atomic E-state index is 0.00357. The lowest BCUT2D eigenvalue weighted by molar-refractivity contribution is 0.0980. The van der Waals surface area contributed by atoms with Gasteiger partial charge in [0, 0.05) is 16.8 Å². The fourth-order valence-electron chi connectivity index (χ4n) is 2.91. The molecule has 1 N–H and O–H groups in total. The van der Waals surface area contributed by atoms with Gasteiger partial charge in [-0.2, -0.15) is 5.26 Å². The molecule has 7 heteroatoms. The summed E-state index contributed by atoms with van der Waals surface area (Å²) in [4.78, 5) is 19.9. The fourth-order valence-corrected chi connectivity index (χ4v) is 4.20. The number of nitrogens with one attached hydrogen (secondary N) is 1. The standard InChI is InChI=1S/C21H20N4OS2/c1-14(17-7-5-4-6-8-17)25(18-11-9-16(13-22)10-12-18)21-23-19(15(2)28-21)20(26)24-27-3/h4-12,14H,1-3H3,(H,24,26). The lowest BCUT2D eigenvalue weighted by atomic mass is 10.1. The van der Waals surface area contributed by atoms with Gasteiger partial charge in [-0.3, -0.25) is 9.52 Å². The van der Waals surface area contributed by atoms with Crippen molar-refractivity contribution in [3.8, 4) is 6.07 Å². The molecule has 0 bridgehead atoms. The number of benzene rings is 2. The third kappa shape index (κ3) is 4.19.